The molecule has 2 unspecified atom stereocenters. The van der Waals surface area contributed by atoms with Crippen LogP contribution in [0, 0.1) is 17.7 Å². The minimum absolute atomic E-state index is 0.124. The van der Waals surface area contributed by atoms with E-state index in [2.05, 4.69) is 16.5 Å². The van der Waals surface area contributed by atoms with Gasteiger partial charge in [0.05, 0.1) is 16.1 Å². The van der Waals surface area contributed by atoms with E-state index in [4.69, 9.17) is 23.2 Å². The lowest BCUT2D eigenvalue weighted by atomic mass is 9.98. The fourth-order valence-corrected chi connectivity index (χ4v) is 3.70. The van der Waals surface area contributed by atoms with Gasteiger partial charge in [0.2, 0.25) is 0 Å². The Morgan fingerprint density at radius 1 is 1.38 bits per heavy atom. The number of rotatable bonds is 4. The summed E-state index contributed by atoms with van der Waals surface area (Å²) >= 11 is 11.8. The Bertz CT molecular complexity index is 653. The molecule has 1 aromatic carbocycles. The smallest absolute Gasteiger partial charge is 0.144 e. The maximum Gasteiger partial charge on any atom is 0.144 e. The monoisotopic (exact) mass is 328 g/mol. The number of aryl methyl sites for hydroxylation is 1. The molecule has 1 heterocycles. The van der Waals surface area contributed by atoms with Gasteiger partial charge in [0.1, 0.15) is 11.6 Å². The minimum atomic E-state index is -0.387. The van der Waals surface area contributed by atoms with Gasteiger partial charge in [-0.2, -0.15) is 0 Å². The molecule has 1 fully saturated rings. The highest BCUT2D eigenvalue weighted by Gasteiger charge is 2.25. The molecule has 0 bridgehead atoms. The van der Waals surface area contributed by atoms with Gasteiger partial charge in [-0.1, -0.05) is 31.4 Å². The first kappa shape index (κ1) is 15.1. The van der Waals surface area contributed by atoms with E-state index < -0.39 is 0 Å². The van der Waals surface area contributed by atoms with Crippen molar-refractivity contribution in [1.29, 1.82) is 0 Å². The standard InChI is InChI=1S/C16H19Cl2FN2/c1-10-3-2-4-11(10)9-21-15-8-13(19)12(18)7-14(15)20-16(21)5-6-17/h7-8,10-11H,2-6,9H2,1H3. The number of halogens is 3. The molecule has 0 aliphatic heterocycles. The highest BCUT2D eigenvalue weighted by atomic mass is 35.5. The van der Waals surface area contributed by atoms with E-state index in [0.717, 1.165) is 23.4 Å². The predicted octanol–water partition coefficient (Wildman–Crippen LogP) is 5.05. The lowest BCUT2D eigenvalue weighted by Gasteiger charge is -2.18. The Morgan fingerprint density at radius 3 is 2.86 bits per heavy atom. The van der Waals surface area contributed by atoms with E-state index in [1.54, 1.807) is 6.07 Å². The van der Waals surface area contributed by atoms with Gasteiger partial charge in [-0.15, -0.1) is 11.6 Å². The van der Waals surface area contributed by atoms with Crippen molar-refractivity contribution in [2.24, 2.45) is 11.8 Å². The summed E-state index contributed by atoms with van der Waals surface area (Å²) in [6.07, 6.45) is 4.49. The second kappa shape index (κ2) is 6.13. The fraction of sp³-hybridized carbons (Fsp3) is 0.562. The lowest BCUT2D eigenvalue weighted by molar-refractivity contribution is 0.363. The van der Waals surface area contributed by atoms with Crippen LogP contribution in [0.4, 0.5) is 4.39 Å². The van der Waals surface area contributed by atoms with Gasteiger partial charge in [-0.3, -0.25) is 0 Å². The number of alkyl halides is 1. The molecule has 1 saturated carbocycles. The van der Waals surface area contributed by atoms with Crippen LogP contribution >= 0.6 is 23.2 Å². The second-order valence-electron chi connectivity index (χ2n) is 6.00. The number of aromatic nitrogens is 2. The average Bonchev–Trinajstić information content (AvgIpc) is 2.98. The van der Waals surface area contributed by atoms with Crippen LogP contribution in [0.1, 0.15) is 32.0 Å². The molecule has 1 aliphatic carbocycles. The first-order chi connectivity index (χ1) is 10.1. The van der Waals surface area contributed by atoms with Crippen LogP contribution in [0.25, 0.3) is 11.0 Å². The lowest BCUT2D eigenvalue weighted by Crippen LogP contribution is -2.15. The maximum atomic E-state index is 13.8. The number of fused-ring (bicyclic) bond motifs is 1. The SMILES string of the molecule is CC1CCCC1Cn1c(CCCl)nc2cc(Cl)c(F)cc21. The number of imidazole rings is 1. The molecule has 2 nitrogen and oxygen atoms in total. The third-order valence-corrected chi connectivity index (χ3v) is 5.12. The second-order valence-corrected chi connectivity index (χ2v) is 6.79. The maximum absolute atomic E-state index is 13.8. The van der Waals surface area contributed by atoms with Crippen LogP contribution < -0.4 is 0 Å². The molecule has 0 saturated heterocycles. The Balaban J connectivity index is 2.04. The summed E-state index contributed by atoms with van der Waals surface area (Å²) in [5.41, 5.74) is 1.59. The summed E-state index contributed by atoms with van der Waals surface area (Å²) in [6, 6.07) is 3.11. The number of nitrogens with zero attached hydrogens (tertiary/aromatic N) is 2. The van der Waals surface area contributed by atoms with E-state index in [1.807, 2.05) is 0 Å². The summed E-state index contributed by atoms with van der Waals surface area (Å²) in [5.74, 6) is 2.40. The van der Waals surface area contributed by atoms with Crippen molar-refractivity contribution in [2.45, 2.75) is 39.2 Å². The minimum Gasteiger partial charge on any atom is -0.328 e. The van der Waals surface area contributed by atoms with Crippen LogP contribution in [0.3, 0.4) is 0 Å². The zero-order valence-electron chi connectivity index (χ0n) is 12.1. The van der Waals surface area contributed by atoms with Crippen LogP contribution in [0.15, 0.2) is 12.1 Å². The van der Waals surface area contributed by atoms with Crippen molar-refractivity contribution in [3.63, 3.8) is 0 Å². The fourth-order valence-electron chi connectivity index (χ4n) is 3.38. The van der Waals surface area contributed by atoms with Crippen molar-refractivity contribution in [1.82, 2.24) is 9.55 Å². The van der Waals surface area contributed by atoms with Crippen molar-refractivity contribution < 1.29 is 4.39 Å². The molecule has 5 heteroatoms. The molecule has 114 valence electrons. The van der Waals surface area contributed by atoms with Gasteiger partial charge >= 0.3 is 0 Å². The van der Waals surface area contributed by atoms with Crippen molar-refractivity contribution in [3.8, 4) is 0 Å². The Labute approximate surface area is 134 Å². The molecule has 21 heavy (non-hydrogen) atoms. The summed E-state index contributed by atoms with van der Waals surface area (Å²) in [7, 11) is 0. The summed E-state index contributed by atoms with van der Waals surface area (Å²) in [4.78, 5) is 4.60. The van der Waals surface area contributed by atoms with E-state index in [0.29, 0.717) is 24.1 Å². The zero-order chi connectivity index (χ0) is 15.0. The number of benzene rings is 1. The van der Waals surface area contributed by atoms with Crippen molar-refractivity contribution in [2.75, 3.05) is 5.88 Å². The molecule has 0 radical (unpaired) electrons. The molecule has 3 rings (SSSR count). The van der Waals surface area contributed by atoms with Gasteiger partial charge < -0.3 is 4.57 Å². The normalized spacial score (nSPS) is 22.3. The average molecular weight is 329 g/mol. The third-order valence-electron chi connectivity index (χ3n) is 4.64. The van der Waals surface area contributed by atoms with E-state index >= 15 is 0 Å². The molecular formula is C16H19Cl2FN2. The van der Waals surface area contributed by atoms with Crippen LogP contribution in [-0.4, -0.2) is 15.4 Å². The van der Waals surface area contributed by atoms with Crippen molar-refractivity contribution in [3.05, 3.63) is 28.8 Å². The van der Waals surface area contributed by atoms with Gasteiger partial charge in [-0.25, -0.2) is 9.37 Å². The number of hydrogen-bond acceptors (Lipinski definition) is 1. The van der Waals surface area contributed by atoms with Crippen molar-refractivity contribution >= 4 is 34.2 Å². The molecular weight excluding hydrogens is 310 g/mol. The molecule has 2 aromatic rings. The Hall–Kier alpha value is -0.800. The van der Waals surface area contributed by atoms with E-state index in [-0.39, 0.29) is 10.8 Å². The Kier molecular flexibility index (Phi) is 4.41. The zero-order valence-corrected chi connectivity index (χ0v) is 13.6. The summed E-state index contributed by atoms with van der Waals surface area (Å²) < 4.78 is 16.0. The van der Waals surface area contributed by atoms with Gasteiger partial charge in [0.15, 0.2) is 0 Å². The largest absolute Gasteiger partial charge is 0.328 e. The highest BCUT2D eigenvalue weighted by Crippen LogP contribution is 2.34. The van der Waals surface area contributed by atoms with E-state index in [1.165, 1.54) is 25.3 Å². The summed E-state index contributed by atoms with van der Waals surface area (Å²) in [6.45, 7) is 3.19. The number of hydrogen-bond donors (Lipinski definition) is 0. The molecule has 2 atom stereocenters. The quantitative estimate of drug-likeness (QED) is 0.718. The third kappa shape index (κ3) is 2.91. The molecule has 0 spiro atoms. The molecule has 0 N–H and O–H groups in total. The molecule has 1 aliphatic rings. The van der Waals surface area contributed by atoms with E-state index in [9.17, 15) is 4.39 Å². The molecule has 0 amide bonds. The van der Waals surface area contributed by atoms with Crippen LogP contribution in [0.5, 0.6) is 0 Å². The van der Waals surface area contributed by atoms with Gasteiger partial charge in [0.25, 0.3) is 0 Å². The van der Waals surface area contributed by atoms with Gasteiger partial charge in [0, 0.05) is 24.9 Å². The Morgan fingerprint density at radius 2 is 2.19 bits per heavy atom. The summed E-state index contributed by atoms with van der Waals surface area (Å²) in [5, 5.41) is 0.124. The molecule has 1 aromatic heterocycles. The van der Waals surface area contributed by atoms with Gasteiger partial charge in [-0.05, 0) is 24.3 Å². The van der Waals surface area contributed by atoms with Crippen LogP contribution in [-0.2, 0) is 13.0 Å². The van der Waals surface area contributed by atoms with Crippen LogP contribution in [0.2, 0.25) is 5.02 Å². The highest BCUT2D eigenvalue weighted by molar-refractivity contribution is 6.31. The first-order valence-corrected chi connectivity index (χ1v) is 8.41. The predicted molar refractivity (Wildman–Crippen MR) is 85.6 cm³/mol. The first-order valence-electron chi connectivity index (χ1n) is 7.50. The topological polar surface area (TPSA) is 17.8 Å².